The summed E-state index contributed by atoms with van der Waals surface area (Å²) in [5.74, 6) is 0.446. The van der Waals surface area contributed by atoms with Crippen molar-refractivity contribution in [3.63, 3.8) is 0 Å². The molecule has 0 spiro atoms. The van der Waals surface area contributed by atoms with E-state index in [4.69, 9.17) is 16.3 Å². The van der Waals surface area contributed by atoms with E-state index in [-0.39, 0.29) is 18.1 Å². The first kappa shape index (κ1) is 18.2. The molecule has 1 amide bonds. The molecule has 1 unspecified atom stereocenters. The highest BCUT2D eigenvalue weighted by Gasteiger charge is 2.26. The molecule has 1 aliphatic heterocycles. The lowest BCUT2D eigenvalue weighted by atomic mass is 9.89. The maximum absolute atomic E-state index is 11.8. The van der Waals surface area contributed by atoms with Crippen LogP contribution in [0, 0.1) is 5.92 Å². The summed E-state index contributed by atoms with van der Waals surface area (Å²) >= 11 is 6.13. The largest absolute Gasteiger partial charge is 0.373 e. The number of nitrogens with one attached hydrogen (secondary N) is 2. The molecular weight excluding hydrogens is 312 g/mol. The predicted octanol–water partition coefficient (Wildman–Crippen LogP) is 3.31. The number of benzene rings is 1. The normalized spacial score (nSPS) is 19.6. The van der Waals surface area contributed by atoms with Crippen molar-refractivity contribution in [1.29, 1.82) is 0 Å². The van der Waals surface area contributed by atoms with Gasteiger partial charge in [0.25, 0.3) is 0 Å². The zero-order valence-electron chi connectivity index (χ0n) is 14.0. The molecule has 4 nitrogen and oxygen atoms in total. The van der Waals surface area contributed by atoms with Crippen molar-refractivity contribution in [3.05, 3.63) is 34.9 Å². The molecule has 2 N–H and O–H groups in total. The smallest absolute Gasteiger partial charge is 0.222 e. The molecule has 23 heavy (non-hydrogen) atoms. The zero-order valence-corrected chi connectivity index (χ0v) is 14.7. The van der Waals surface area contributed by atoms with E-state index in [0.29, 0.717) is 18.9 Å². The minimum atomic E-state index is -0.0200. The quantitative estimate of drug-likeness (QED) is 0.802. The van der Waals surface area contributed by atoms with Crippen molar-refractivity contribution in [3.8, 4) is 0 Å². The molecule has 0 aromatic heterocycles. The summed E-state index contributed by atoms with van der Waals surface area (Å²) in [7, 11) is 0. The van der Waals surface area contributed by atoms with Crippen LogP contribution in [0.5, 0.6) is 0 Å². The van der Waals surface area contributed by atoms with Crippen LogP contribution in [0.4, 0.5) is 0 Å². The minimum absolute atomic E-state index is 0.0200. The van der Waals surface area contributed by atoms with Gasteiger partial charge in [-0.1, -0.05) is 23.7 Å². The Labute approximate surface area is 143 Å². The molecule has 0 bridgehead atoms. The van der Waals surface area contributed by atoms with Crippen molar-refractivity contribution in [2.24, 2.45) is 5.92 Å². The topological polar surface area (TPSA) is 50.4 Å². The van der Waals surface area contributed by atoms with Crippen LogP contribution in [-0.4, -0.2) is 31.6 Å². The average molecular weight is 339 g/mol. The maximum Gasteiger partial charge on any atom is 0.222 e. The zero-order chi connectivity index (χ0) is 16.7. The van der Waals surface area contributed by atoms with E-state index in [1.165, 1.54) is 0 Å². The van der Waals surface area contributed by atoms with Crippen molar-refractivity contribution in [2.45, 2.75) is 45.3 Å². The SMILES string of the molecule is CC(C)NC(=O)CCOC(c1cccc(Cl)c1)[C@@H]1CCCNC1. The number of halogens is 1. The number of rotatable bonds is 7. The summed E-state index contributed by atoms with van der Waals surface area (Å²) in [6, 6.07) is 8.01. The van der Waals surface area contributed by atoms with Crippen LogP contribution in [0.15, 0.2) is 24.3 Å². The fourth-order valence-electron chi connectivity index (χ4n) is 3.00. The van der Waals surface area contributed by atoms with Gasteiger partial charge in [0.15, 0.2) is 0 Å². The molecule has 1 fully saturated rings. The Morgan fingerprint density at radius 1 is 1.48 bits per heavy atom. The van der Waals surface area contributed by atoms with Crippen molar-refractivity contribution in [2.75, 3.05) is 19.7 Å². The van der Waals surface area contributed by atoms with E-state index in [0.717, 1.165) is 36.5 Å². The Kier molecular flexibility index (Phi) is 7.34. The number of carbonyl (C=O) groups excluding carboxylic acids is 1. The highest BCUT2D eigenvalue weighted by molar-refractivity contribution is 6.30. The molecule has 5 heteroatoms. The second-order valence-electron chi connectivity index (χ2n) is 6.43. The molecule has 1 aromatic carbocycles. The lowest BCUT2D eigenvalue weighted by Gasteiger charge is -2.31. The lowest BCUT2D eigenvalue weighted by Crippen LogP contribution is -2.35. The van der Waals surface area contributed by atoms with Gasteiger partial charge < -0.3 is 15.4 Å². The van der Waals surface area contributed by atoms with Gasteiger partial charge in [-0.15, -0.1) is 0 Å². The third-order valence-electron chi connectivity index (χ3n) is 4.02. The van der Waals surface area contributed by atoms with Gasteiger partial charge >= 0.3 is 0 Å². The summed E-state index contributed by atoms with van der Waals surface area (Å²) in [6.07, 6.45) is 2.64. The van der Waals surface area contributed by atoms with Gasteiger partial charge in [0.05, 0.1) is 12.7 Å². The molecule has 0 aliphatic carbocycles. The van der Waals surface area contributed by atoms with E-state index in [1.807, 2.05) is 32.0 Å². The van der Waals surface area contributed by atoms with Crippen LogP contribution in [0.3, 0.4) is 0 Å². The molecule has 2 atom stereocenters. The minimum Gasteiger partial charge on any atom is -0.373 e. The Morgan fingerprint density at radius 2 is 2.30 bits per heavy atom. The Bertz CT molecular complexity index is 502. The van der Waals surface area contributed by atoms with Crippen LogP contribution >= 0.6 is 11.6 Å². The molecule has 128 valence electrons. The van der Waals surface area contributed by atoms with Gasteiger partial charge in [-0.05, 0) is 50.9 Å². The highest BCUT2D eigenvalue weighted by Crippen LogP contribution is 2.32. The van der Waals surface area contributed by atoms with Gasteiger partial charge in [0, 0.05) is 29.9 Å². The van der Waals surface area contributed by atoms with E-state index < -0.39 is 0 Å². The molecule has 1 saturated heterocycles. The summed E-state index contributed by atoms with van der Waals surface area (Å²) in [5, 5.41) is 7.05. The predicted molar refractivity (Wildman–Crippen MR) is 93.6 cm³/mol. The van der Waals surface area contributed by atoms with Crippen LogP contribution in [-0.2, 0) is 9.53 Å². The molecule has 0 saturated carbocycles. The van der Waals surface area contributed by atoms with E-state index >= 15 is 0 Å². The maximum atomic E-state index is 11.8. The van der Waals surface area contributed by atoms with E-state index in [9.17, 15) is 4.79 Å². The fraction of sp³-hybridized carbons (Fsp3) is 0.611. The first-order chi connectivity index (χ1) is 11.1. The number of hydrogen-bond donors (Lipinski definition) is 2. The summed E-state index contributed by atoms with van der Waals surface area (Å²) in [4.78, 5) is 11.8. The van der Waals surface area contributed by atoms with Crippen LogP contribution < -0.4 is 10.6 Å². The van der Waals surface area contributed by atoms with Gasteiger partial charge in [0.2, 0.25) is 5.91 Å². The van der Waals surface area contributed by atoms with E-state index in [1.54, 1.807) is 0 Å². The Hall–Kier alpha value is -1.10. The summed E-state index contributed by atoms with van der Waals surface area (Å²) in [6.45, 7) is 6.35. The molecule has 1 aliphatic rings. The number of carbonyl (C=O) groups is 1. The van der Waals surface area contributed by atoms with Crippen LogP contribution in [0.2, 0.25) is 5.02 Å². The molecule has 0 radical (unpaired) electrons. The van der Waals surface area contributed by atoms with Gasteiger partial charge in [0.1, 0.15) is 0 Å². The Morgan fingerprint density at radius 3 is 2.96 bits per heavy atom. The number of piperidine rings is 1. The van der Waals surface area contributed by atoms with E-state index in [2.05, 4.69) is 16.7 Å². The third-order valence-corrected chi connectivity index (χ3v) is 4.25. The number of amides is 1. The van der Waals surface area contributed by atoms with Crippen LogP contribution in [0.25, 0.3) is 0 Å². The fourth-order valence-corrected chi connectivity index (χ4v) is 3.20. The van der Waals surface area contributed by atoms with Gasteiger partial charge in [-0.2, -0.15) is 0 Å². The highest BCUT2D eigenvalue weighted by atomic mass is 35.5. The van der Waals surface area contributed by atoms with Gasteiger partial charge in [-0.3, -0.25) is 4.79 Å². The standard InChI is InChI=1S/C18H27ClN2O2/c1-13(2)21-17(22)8-10-23-18(15-6-4-9-20-12-15)14-5-3-7-16(19)11-14/h3,5,7,11,13,15,18,20H,4,6,8-10,12H2,1-2H3,(H,21,22)/t15-,18?/m1/s1. The first-order valence-electron chi connectivity index (χ1n) is 8.43. The monoisotopic (exact) mass is 338 g/mol. The summed E-state index contributed by atoms with van der Waals surface area (Å²) < 4.78 is 6.12. The second kappa shape index (κ2) is 9.26. The molecular formula is C18H27ClN2O2. The number of ether oxygens (including phenoxy) is 1. The molecule has 2 rings (SSSR count). The van der Waals surface area contributed by atoms with Crippen molar-refractivity contribution >= 4 is 17.5 Å². The molecule has 1 heterocycles. The summed E-state index contributed by atoms with van der Waals surface area (Å²) in [5.41, 5.74) is 1.09. The Balaban J connectivity index is 1.97. The second-order valence-corrected chi connectivity index (χ2v) is 6.86. The van der Waals surface area contributed by atoms with Crippen molar-refractivity contribution < 1.29 is 9.53 Å². The van der Waals surface area contributed by atoms with Gasteiger partial charge in [-0.25, -0.2) is 0 Å². The average Bonchev–Trinajstić information content (AvgIpc) is 2.51. The third kappa shape index (κ3) is 6.13. The number of hydrogen-bond acceptors (Lipinski definition) is 3. The molecule has 1 aromatic rings. The van der Waals surface area contributed by atoms with Crippen molar-refractivity contribution in [1.82, 2.24) is 10.6 Å². The first-order valence-corrected chi connectivity index (χ1v) is 8.81. The van der Waals surface area contributed by atoms with Crippen LogP contribution in [0.1, 0.15) is 44.8 Å². The lowest BCUT2D eigenvalue weighted by molar-refractivity contribution is -0.123.